The van der Waals surface area contributed by atoms with Gasteiger partial charge in [-0.15, -0.1) is 0 Å². The fourth-order valence-electron chi connectivity index (χ4n) is 2.21. The number of aliphatic hydroxyl groups is 1. The number of aryl methyl sites for hydroxylation is 2. The molecule has 0 saturated carbocycles. The van der Waals surface area contributed by atoms with Crippen LogP contribution in [0.2, 0.25) is 0 Å². The van der Waals surface area contributed by atoms with Crippen molar-refractivity contribution in [1.29, 1.82) is 0 Å². The number of aromatic amines is 1. The lowest BCUT2D eigenvalue weighted by Crippen LogP contribution is -2.40. The summed E-state index contributed by atoms with van der Waals surface area (Å²) in [4.78, 5) is 15.4. The number of carbonyl (C=O) groups is 1. The number of amides is 1. The molecule has 0 aliphatic heterocycles. The van der Waals surface area contributed by atoms with Crippen molar-refractivity contribution in [3.8, 4) is 0 Å². The van der Waals surface area contributed by atoms with E-state index in [9.17, 15) is 9.90 Å². The van der Waals surface area contributed by atoms with E-state index in [-0.39, 0.29) is 19.1 Å². The number of aliphatic hydroxyl groups excluding tert-OH is 1. The zero-order chi connectivity index (χ0) is 14.7. The number of H-pyrrole nitrogens is 1. The van der Waals surface area contributed by atoms with Gasteiger partial charge in [0.05, 0.1) is 19.3 Å². The number of methoxy groups -OCH3 is 1. The van der Waals surface area contributed by atoms with Gasteiger partial charge in [-0.05, 0) is 37.6 Å². The molecule has 3 N–H and O–H groups in total. The topological polar surface area (TPSA) is 74.3 Å². The second-order valence-corrected chi connectivity index (χ2v) is 4.94. The van der Waals surface area contributed by atoms with Crippen molar-refractivity contribution in [3.05, 3.63) is 35.0 Å². The Morgan fingerprint density at radius 2 is 2.20 bits per heavy atom. The van der Waals surface area contributed by atoms with Crippen LogP contribution in [-0.2, 0) is 4.74 Å². The molecule has 0 aliphatic carbocycles. The first-order valence-electron chi connectivity index (χ1n) is 6.56. The third-order valence-electron chi connectivity index (χ3n) is 3.49. The van der Waals surface area contributed by atoms with E-state index in [1.165, 1.54) is 7.11 Å². The Morgan fingerprint density at radius 3 is 2.85 bits per heavy atom. The van der Waals surface area contributed by atoms with E-state index < -0.39 is 6.04 Å². The molecule has 1 heterocycles. The predicted molar refractivity (Wildman–Crippen MR) is 78.0 cm³/mol. The predicted octanol–water partition coefficient (Wildman–Crippen LogP) is 1.52. The van der Waals surface area contributed by atoms with Crippen LogP contribution in [0.25, 0.3) is 10.9 Å². The molecule has 1 unspecified atom stereocenters. The fraction of sp³-hybridized carbons (Fsp3) is 0.400. The molecule has 2 aromatic rings. The molecule has 1 aromatic carbocycles. The van der Waals surface area contributed by atoms with E-state index in [2.05, 4.69) is 10.3 Å². The Balaban J connectivity index is 2.24. The molecule has 108 valence electrons. The van der Waals surface area contributed by atoms with E-state index >= 15 is 0 Å². The maximum Gasteiger partial charge on any atom is 0.251 e. The third kappa shape index (κ3) is 2.84. The van der Waals surface area contributed by atoms with Gasteiger partial charge in [0, 0.05) is 29.3 Å². The van der Waals surface area contributed by atoms with Crippen LogP contribution in [0.1, 0.15) is 21.6 Å². The Hall–Kier alpha value is -1.85. The highest BCUT2D eigenvalue weighted by atomic mass is 16.5. The maximum absolute atomic E-state index is 12.2. The number of fused-ring (bicyclic) bond motifs is 1. The molecule has 1 atom stereocenters. The van der Waals surface area contributed by atoms with Gasteiger partial charge in [0.15, 0.2) is 0 Å². The minimum absolute atomic E-state index is 0.149. The third-order valence-corrected chi connectivity index (χ3v) is 3.49. The monoisotopic (exact) mass is 276 g/mol. The molecule has 0 aliphatic rings. The molecule has 0 saturated heterocycles. The quantitative estimate of drug-likeness (QED) is 0.775. The SMILES string of the molecule is COCC(CO)NC(=O)c1ccc2[nH]c(C)c(C)c2c1. The Bertz CT molecular complexity index is 619. The van der Waals surface area contributed by atoms with E-state index in [4.69, 9.17) is 4.74 Å². The molecule has 20 heavy (non-hydrogen) atoms. The highest BCUT2D eigenvalue weighted by Crippen LogP contribution is 2.22. The molecule has 0 radical (unpaired) electrons. The number of hydrogen-bond acceptors (Lipinski definition) is 3. The van der Waals surface area contributed by atoms with Crippen molar-refractivity contribution in [2.75, 3.05) is 20.3 Å². The van der Waals surface area contributed by atoms with E-state index in [1.54, 1.807) is 6.07 Å². The van der Waals surface area contributed by atoms with E-state index in [1.807, 2.05) is 26.0 Å². The highest BCUT2D eigenvalue weighted by molar-refractivity contribution is 5.99. The van der Waals surface area contributed by atoms with Crippen LogP contribution in [-0.4, -0.2) is 42.4 Å². The first-order valence-corrected chi connectivity index (χ1v) is 6.56. The summed E-state index contributed by atoms with van der Waals surface area (Å²) in [6, 6.07) is 5.14. The van der Waals surface area contributed by atoms with Crippen molar-refractivity contribution in [3.63, 3.8) is 0 Å². The molecule has 2 rings (SSSR count). The smallest absolute Gasteiger partial charge is 0.251 e. The van der Waals surface area contributed by atoms with Gasteiger partial charge < -0.3 is 20.1 Å². The lowest BCUT2D eigenvalue weighted by molar-refractivity contribution is 0.0840. The van der Waals surface area contributed by atoms with Crippen LogP contribution in [0.15, 0.2) is 18.2 Å². The van der Waals surface area contributed by atoms with Crippen molar-refractivity contribution in [2.45, 2.75) is 19.9 Å². The molecule has 5 heteroatoms. The summed E-state index contributed by atoms with van der Waals surface area (Å²) >= 11 is 0. The number of ether oxygens (including phenoxy) is 1. The number of carbonyl (C=O) groups excluding carboxylic acids is 1. The minimum Gasteiger partial charge on any atom is -0.394 e. The first kappa shape index (κ1) is 14.6. The largest absolute Gasteiger partial charge is 0.394 e. The van der Waals surface area contributed by atoms with Crippen LogP contribution < -0.4 is 5.32 Å². The number of benzene rings is 1. The first-order chi connectivity index (χ1) is 9.56. The van der Waals surface area contributed by atoms with Gasteiger partial charge in [-0.1, -0.05) is 0 Å². The average Bonchev–Trinajstić information content (AvgIpc) is 2.73. The molecular weight excluding hydrogens is 256 g/mol. The minimum atomic E-state index is -0.391. The van der Waals surface area contributed by atoms with Crippen LogP contribution in [0.5, 0.6) is 0 Å². The van der Waals surface area contributed by atoms with Crippen LogP contribution >= 0.6 is 0 Å². The number of hydrogen-bond donors (Lipinski definition) is 3. The summed E-state index contributed by atoms with van der Waals surface area (Å²) < 4.78 is 4.94. The van der Waals surface area contributed by atoms with Crippen LogP contribution in [0.3, 0.4) is 0 Å². The van der Waals surface area contributed by atoms with Gasteiger partial charge >= 0.3 is 0 Å². The van der Waals surface area contributed by atoms with Gasteiger partial charge in [-0.3, -0.25) is 4.79 Å². The lowest BCUT2D eigenvalue weighted by atomic mass is 10.1. The number of aromatic nitrogens is 1. The van der Waals surface area contributed by atoms with Gasteiger partial charge in [0.25, 0.3) is 5.91 Å². The standard InChI is InChI=1S/C15H20N2O3/c1-9-10(2)16-14-5-4-11(6-13(9)14)15(19)17-12(7-18)8-20-3/h4-6,12,16,18H,7-8H2,1-3H3,(H,17,19). The van der Waals surface area contributed by atoms with Crippen LogP contribution in [0.4, 0.5) is 0 Å². The molecule has 1 amide bonds. The van der Waals surface area contributed by atoms with Crippen molar-refractivity contribution in [1.82, 2.24) is 10.3 Å². The molecule has 5 nitrogen and oxygen atoms in total. The lowest BCUT2D eigenvalue weighted by Gasteiger charge is -2.15. The van der Waals surface area contributed by atoms with Gasteiger partial charge in [-0.2, -0.15) is 0 Å². The summed E-state index contributed by atoms with van der Waals surface area (Å²) in [5.74, 6) is -0.207. The average molecular weight is 276 g/mol. The van der Waals surface area contributed by atoms with E-state index in [0.29, 0.717) is 5.56 Å². The van der Waals surface area contributed by atoms with Crippen molar-refractivity contribution < 1.29 is 14.6 Å². The van der Waals surface area contributed by atoms with Crippen molar-refractivity contribution in [2.24, 2.45) is 0 Å². The Kier molecular flexibility index (Phi) is 4.42. The summed E-state index contributed by atoms with van der Waals surface area (Å²) in [5, 5.41) is 13.0. The Morgan fingerprint density at radius 1 is 1.45 bits per heavy atom. The molecule has 0 fully saturated rings. The van der Waals surface area contributed by atoms with Crippen molar-refractivity contribution >= 4 is 16.8 Å². The second kappa shape index (κ2) is 6.07. The second-order valence-electron chi connectivity index (χ2n) is 4.94. The number of nitrogens with one attached hydrogen (secondary N) is 2. The zero-order valence-corrected chi connectivity index (χ0v) is 12.0. The fourth-order valence-corrected chi connectivity index (χ4v) is 2.21. The van der Waals surface area contributed by atoms with Gasteiger partial charge in [-0.25, -0.2) is 0 Å². The summed E-state index contributed by atoms with van der Waals surface area (Å²) in [7, 11) is 1.53. The summed E-state index contributed by atoms with van der Waals surface area (Å²) in [5.41, 5.74) is 3.84. The van der Waals surface area contributed by atoms with E-state index in [0.717, 1.165) is 22.2 Å². The summed E-state index contributed by atoms with van der Waals surface area (Å²) in [6.07, 6.45) is 0. The van der Waals surface area contributed by atoms with Gasteiger partial charge in [0.1, 0.15) is 0 Å². The van der Waals surface area contributed by atoms with Gasteiger partial charge in [0.2, 0.25) is 0 Å². The van der Waals surface area contributed by atoms with Crippen LogP contribution in [0, 0.1) is 13.8 Å². The normalized spacial score (nSPS) is 12.6. The molecule has 0 spiro atoms. The summed E-state index contributed by atoms with van der Waals surface area (Å²) in [6.45, 7) is 4.17. The molecule has 0 bridgehead atoms. The Labute approximate surface area is 117 Å². The molecule has 1 aromatic heterocycles. The number of rotatable bonds is 5. The maximum atomic E-state index is 12.2. The molecular formula is C15H20N2O3. The highest BCUT2D eigenvalue weighted by Gasteiger charge is 2.14. The zero-order valence-electron chi connectivity index (χ0n) is 12.0.